The molecule has 0 bridgehead atoms. The first-order valence-electron chi connectivity index (χ1n) is 8.39. The minimum Gasteiger partial charge on any atom is -0.314 e. The van der Waals surface area contributed by atoms with E-state index in [4.69, 9.17) is 0 Å². The van der Waals surface area contributed by atoms with Crippen molar-refractivity contribution in [3.8, 4) is 0 Å². The maximum Gasteiger partial charge on any atom is 0.0534 e. The minimum absolute atomic E-state index is 0.458. The predicted octanol–water partition coefficient (Wildman–Crippen LogP) is 2.80. The number of aromatic nitrogens is 2. The van der Waals surface area contributed by atoms with Gasteiger partial charge in [-0.15, -0.1) is 0 Å². The molecule has 0 aliphatic heterocycles. The van der Waals surface area contributed by atoms with Crippen LogP contribution in [-0.4, -0.2) is 40.9 Å². The number of hydrogen-bond donors (Lipinski definition) is 1. The van der Waals surface area contributed by atoms with Crippen molar-refractivity contribution in [2.24, 2.45) is 12.5 Å². The Morgan fingerprint density at radius 3 is 2.62 bits per heavy atom. The lowest BCUT2D eigenvalue weighted by Crippen LogP contribution is -2.45. The normalized spacial score (nSPS) is 18.6. The molecule has 1 fully saturated rings. The molecule has 1 heterocycles. The Balaban J connectivity index is 1.93. The maximum absolute atomic E-state index is 4.27. The molecule has 1 aromatic rings. The molecule has 0 amide bonds. The number of aryl methyl sites for hydroxylation is 1. The SMILES string of the molecule is CC(C)NCC1(CN(C)Cc2cnn(C)c2)CCCCC1. The van der Waals surface area contributed by atoms with Crippen molar-refractivity contribution in [3.63, 3.8) is 0 Å². The third kappa shape index (κ3) is 5.11. The van der Waals surface area contributed by atoms with Crippen LogP contribution in [0.2, 0.25) is 0 Å². The second-order valence-electron chi connectivity index (χ2n) is 7.29. The van der Waals surface area contributed by atoms with Crippen molar-refractivity contribution in [2.75, 3.05) is 20.1 Å². The number of rotatable bonds is 7. The lowest BCUT2D eigenvalue weighted by Gasteiger charge is -2.41. The Morgan fingerprint density at radius 1 is 1.33 bits per heavy atom. The fourth-order valence-electron chi connectivity index (χ4n) is 3.61. The number of nitrogens with zero attached hydrogens (tertiary/aromatic N) is 3. The van der Waals surface area contributed by atoms with Gasteiger partial charge in [0, 0.05) is 44.5 Å². The predicted molar refractivity (Wildman–Crippen MR) is 88.2 cm³/mol. The molecule has 1 saturated carbocycles. The molecule has 1 N–H and O–H groups in total. The molecule has 21 heavy (non-hydrogen) atoms. The van der Waals surface area contributed by atoms with Crippen molar-refractivity contribution in [1.82, 2.24) is 20.0 Å². The molecule has 0 radical (unpaired) electrons. The molecular formula is C17H32N4. The zero-order valence-corrected chi connectivity index (χ0v) is 14.2. The van der Waals surface area contributed by atoms with E-state index in [0.717, 1.165) is 13.1 Å². The fourth-order valence-corrected chi connectivity index (χ4v) is 3.61. The highest BCUT2D eigenvalue weighted by molar-refractivity contribution is 5.03. The van der Waals surface area contributed by atoms with Crippen LogP contribution in [0.5, 0.6) is 0 Å². The summed E-state index contributed by atoms with van der Waals surface area (Å²) >= 11 is 0. The first kappa shape index (κ1) is 16.5. The van der Waals surface area contributed by atoms with Gasteiger partial charge in [-0.1, -0.05) is 33.1 Å². The van der Waals surface area contributed by atoms with Crippen LogP contribution in [0.3, 0.4) is 0 Å². The van der Waals surface area contributed by atoms with Crippen LogP contribution in [-0.2, 0) is 13.6 Å². The van der Waals surface area contributed by atoms with Crippen molar-refractivity contribution >= 4 is 0 Å². The summed E-state index contributed by atoms with van der Waals surface area (Å²) in [6, 6.07) is 0.576. The molecule has 0 aromatic carbocycles. The molecule has 4 heteroatoms. The fraction of sp³-hybridized carbons (Fsp3) is 0.824. The number of hydrogen-bond acceptors (Lipinski definition) is 3. The van der Waals surface area contributed by atoms with Crippen LogP contribution in [0.1, 0.15) is 51.5 Å². The summed E-state index contributed by atoms with van der Waals surface area (Å²) in [6.07, 6.45) is 11.0. The van der Waals surface area contributed by atoms with Crippen molar-refractivity contribution in [1.29, 1.82) is 0 Å². The summed E-state index contributed by atoms with van der Waals surface area (Å²) in [5, 5.41) is 7.96. The summed E-state index contributed by atoms with van der Waals surface area (Å²) < 4.78 is 1.89. The van der Waals surface area contributed by atoms with E-state index in [1.807, 2.05) is 17.9 Å². The van der Waals surface area contributed by atoms with Crippen LogP contribution < -0.4 is 5.32 Å². The van der Waals surface area contributed by atoms with E-state index in [9.17, 15) is 0 Å². The van der Waals surface area contributed by atoms with E-state index in [0.29, 0.717) is 11.5 Å². The largest absolute Gasteiger partial charge is 0.314 e. The standard InChI is InChI=1S/C17H32N4/c1-15(2)18-13-17(8-6-5-7-9-17)14-20(3)11-16-10-19-21(4)12-16/h10,12,15,18H,5-9,11,13-14H2,1-4H3. The molecule has 2 rings (SSSR count). The van der Waals surface area contributed by atoms with E-state index < -0.39 is 0 Å². The van der Waals surface area contributed by atoms with Gasteiger partial charge in [0.05, 0.1) is 6.20 Å². The Bertz CT molecular complexity index is 418. The third-order valence-corrected chi connectivity index (χ3v) is 4.62. The summed E-state index contributed by atoms with van der Waals surface area (Å²) in [6.45, 7) is 7.83. The van der Waals surface area contributed by atoms with Gasteiger partial charge >= 0.3 is 0 Å². The Labute approximate surface area is 129 Å². The molecule has 0 atom stereocenters. The van der Waals surface area contributed by atoms with Gasteiger partial charge in [-0.3, -0.25) is 4.68 Å². The lowest BCUT2D eigenvalue weighted by molar-refractivity contribution is 0.111. The molecule has 4 nitrogen and oxygen atoms in total. The molecule has 1 aliphatic carbocycles. The van der Waals surface area contributed by atoms with Gasteiger partial charge < -0.3 is 10.2 Å². The average Bonchev–Trinajstić information content (AvgIpc) is 2.83. The molecular weight excluding hydrogens is 260 g/mol. The smallest absolute Gasteiger partial charge is 0.0534 e. The second-order valence-corrected chi connectivity index (χ2v) is 7.29. The Kier molecular flexibility index (Phi) is 5.82. The summed E-state index contributed by atoms with van der Waals surface area (Å²) in [4.78, 5) is 2.48. The quantitative estimate of drug-likeness (QED) is 0.839. The maximum atomic E-state index is 4.27. The van der Waals surface area contributed by atoms with Gasteiger partial charge in [0.25, 0.3) is 0 Å². The van der Waals surface area contributed by atoms with Gasteiger partial charge in [-0.05, 0) is 25.3 Å². The first-order chi connectivity index (χ1) is 9.99. The van der Waals surface area contributed by atoms with Crippen LogP contribution in [0.4, 0.5) is 0 Å². The van der Waals surface area contributed by atoms with Gasteiger partial charge in [0.15, 0.2) is 0 Å². The summed E-state index contributed by atoms with van der Waals surface area (Å²) in [5.74, 6) is 0. The Hall–Kier alpha value is -0.870. The highest BCUT2D eigenvalue weighted by Crippen LogP contribution is 2.36. The van der Waals surface area contributed by atoms with E-state index >= 15 is 0 Å². The van der Waals surface area contributed by atoms with Gasteiger partial charge in [-0.25, -0.2) is 0 Å². The first-order valence-corrected chi connectivity index (χ1v) is 8.39. The zero-order chi connectivity index (χ0) is 15.3. The van der Waals surface area contributed by atoms with Crippen LogP contribution in [0.25, 0.3) is 0 Å². The Morgan fingerprint density at radius 2 is 2.05 bits per heavy atom. The molecule has 0 saturated heterocycles. The van der Waals surface area contributed by atoms with E-state index in [1.165, 1.54) is 44.2 Å². The van der Waals surface area contributed by atoms with Crippen molar-refractivity contribution < 1.29 is 0 Å². The second kappa shape index (κ2) is 7.41. The highest BCUT2D eigenvalue weighted by atomic mass is 15.2. The van der Waals surface area contributed by atoms with Gasteiger partial charge in [0.2, 0.25) is 0 Å². The van der Waals surface area contributed by atoms with E-state index in [2.05, 4.69) is 42.4 Å². The van der Waals surface area contributed by atoms with Gasteiger partial charge in [-0.2, -0.15) is 5.10 Å². The molecule has 0 spiro atoms. The summed E-state index contributed by atoms with van der Waals surface area (Å²) in [5.41, 5.74) is 1.77. The van der Waals surface area contributed by atoms with Crippen LogP contribution in [0.15, 0.2) is 12.4 Å². The average molecular weight is 292 g/mol. The highest BCUT2D eigenvalue weighted by Gasteiger charge is 2.33. The van der Waals surface area contributed by atoms with Gasteiger partial charge in [0.1, 0.15) is 0 Å². The van der Waals surface area contributed by atoms with Crippen LogP contribution in [0, 0.1) is 5.41 Å². The van der Waals surface area contributed by atoms with Crippen LogP contribution >= 0.6 is 0 Å². The lowest BCUT2D eigenvalue weighted by atomic mass is 9.73. The van der Waals surface area contributed by atoms with Crippen molar-refractivity contribution in [3.05, 3.63) is 18.0 Å². The molecule has 120 valence electrons. The summed E-state index contributed by atoms with van der Waals surface area (Å²) in [7, 11) is 4.23. The zero-order valence-electron chi connectivity index (χ0n) is 14.2. The van der Waals surface area contributed by atoms with Crippen molar-refractivity contribution in [2.45, 2.75) is 58.5 Å². The number of nitrogens with one attached hydrogen (secondary N) is 1. The van der Waals surface area contributed by atoms with E-state index in [1.54, 1.807) is 0 Å². The molecule has 1 aromatic heterocycles. The monoisotopic (exact) mass is 292 g/mol. The topological polar surface area (TPSA) is 33.1 Å². The minimum atomic E-state index is 0.458. The third-order valence-electron chi connectivity index (χ3n) is 4.62. The molecule has 0 unspecified atom stereocenters. The van der Waals surface area contributed by atoms with E-state index in [-0.39, 0.29) is 0 Å². The molecule has 1 aliphatic rings.